The van der Waals surface area contributed by atoms with Crippen LogP contribution < -0.4 is 0 Å². The van der Waals surface area contributed by atoms with Crippen molar-refractivity contribution in [2.75, 3.05) is 7.11 Å². The van der Waals surface area contributed by atoms with Crippen LogP contribution in [-0.2, 0) is 11.2 Å². The number of carbonyl (C=O) groups is 1. The third kappa shape index (κ3) is 1.43. The molecule has 6 heteroatoms. The first kappa shape index (κ1) is 9.57. The highest BCUT2D eigenvalue weighted by molar-refractivity contribution is 5.90. The van der Waals surface area contributed by atoms with Gasteiger partial charge >= 0.3 is 5.97 Å². The van der Waals surface area contributed by atoms with Crippen molar-refractivity contribution < 1.29 is 9.53 Å². The molecule has 0 saturated heterocycles. The second kappa shape index (κ2) is 3.64. The van der Waals surface area contributed by atoms with Crippen molar-refractivity contribution in [3.05, 3.63) is 23.8 Å². The normalized spacial score (nSPS) is 10.5. The van der Waals surface area contributed by atoms with Gasteiger partial charge in [-0.05, 0) is 6.42 Å². The van der Waals surface area contributed by atoms with E-state index < -0.39 is 5.97 Å². The lowest BCUT2D eigenvalue weighted by Crippen LogP contribution is -2.11. The van der Waals surface area contributed by atoms with E-state index in [1.165, 1.54) is 19.6 Å². The molecule has 2 aromatic rings. The van der Waals surface area contributed by atoms with E-state index in [2.05, 4.69) is 19.8 Å². The van der Waals surface area contributed by atoms with Crippen molar-refractivity contribution in [3.8, 4) is 0 Å². The second-order valence-electron chi connectivity index (χ2n) is 2.94. The van der Waals surface area contributed by atoms with E-state index in [0.717, 1.165) is 5.69 Å². The van der Waals surface area contributed by atoms with Crippen molar-refractivity contribution in [1.29, 1.82) is 0 Å². The Morgan fingerprint density at radius 2 is 2.33 bits per heavy atom. The predicted octanol–water partition coefficient (Wildman–Crippen LogP) is 0.473. The highest BCUT2D eigenvalue weighted by Crippen LogP contribution is 2.10. The largest absolute Gasteiger partial charge is 0.465 e. The van der Waals surface area contributed by atoms with Crippen molar-refractivity contribution in [1.82, 2.24) is 19.6 Å². The van der Waals surface area contributed by atoms with Gasteiger partial charge in [0.15, 0.2) is 0 Å². The van der Waals surface area contributed by atoms with Crippen LogP contribution in [0.1, 0.15) is 23.0 Å². The highest BCUT2D eigenvalue weighted by Gasteiger charge is 2.15. The summed E-state index contributed by atoms with van der Waals surface area (Å²) in [6, 6.07) is 0. The van der Waals surface area contributed by atoms with Crippen LogP contribution in [0.4, 0.5) is 0 Å². The Labute approximate surface area is 85.9 Å². The summed E-state index contributed by atoms with van der Waals surface area (Å²) in [6.07, 6.45) is 3.53. The minimum atomic E-state index is -0.406. The number of hydrogen-bond donors (Lipinski definition) is 0. The summed E-state index contributed by atoms with van der Waals surface area (Å²) in [5, 5.41) is 4.00. The fraction of sp³-hybridized carbons (Fsp3) is 0.333. The molecule has 2 heterocycles. The fourth-order valence-electron chi connectivity index (χ4n) is 1.45. The molecule has 0 bridgehead atoms. The standard InChI is InChI=1S/C9H10N4O2/c1-3-7-6(8(14)15-2)4-10-9-11-5-12-13(7)9/h4-5H,3H2,1-2H3. The van der Waals surface area contributed by atoms with Crippen molar-refractivity contribution >= 4 is 11.7 Å². The minimum absolute atomic E-state index is 0.406. The topological polar surface area (TPSA) is 69.4 Å². The summed E-state index contributed by atoms with van der Waals surface area (Å²) in [5.74, 6) is 0.0799. The molecule has 0 atom stereocenters. The SMILES string of the molecule is CCc1c(C(=O)OC)cnc2ncnn12. The summed E-state index contributed by atoms with van der Waals surface area (Å²) in [6.45, 7) is 1.93. The molecule has 0 radical (unpaired) electrons. The molecule has 0 aromatic carbocycles. The lowest BCUT2D eigenvalue weighted by Gasteiger charge is -2.06. The number of hydrogen-bond acceptors (Lipinski definition) is 5. The van der Waals surface area contributed by atoms with Gasteiger partial charge in [0.2, 0.25) is 0 Å². The molecule has 0 aliphatic heterocycles. The summed E-state index contributed by atoms with van der Waals surface area (Å²) in [4.78, 5) is 19.4. The number of aromatic nitrogens is 4. The van der Waals surface area contributed by atoms with Crippen molar-refractivity contribution in [2.24, 2.45) is 0 Å². The number of ether oxygens (including phenoxy) is 1. The molecule has 0 unspecified atom stereocenters. The quantitative estimate of drug-likeness (QED) is 0.668. The number of methoxy groups -OCH3 is 1. The molecule has 0 amide bonds. The summed E-state index contributed by atoms with van der Waals surface area (Å²) >= 11 is 0. The number of esters is 1. The zero-order valence-corrected chi connectivity index (χ0v) is 8.47. The Hall–Kier alpha value is -1.98. The average Bonchev–Trinajstić information content (AvgIpc) is 2.74. The van der Waals surface area contributed by atoms with Crippen LogP contribution in [0.15, 0.2) is 12.5 Å². The number of rotatable bonds is 2. The van der Waals surface area contributed by atoms with Crippen molar-refractivity contribution in [3.63, 3.8) is 0 Å². The van der Waals surface area contributed by atoms with Crippen molar-refractivity contribution in [2.45, 2.75) is 13.3 Å². The molecule has 0 aliphatic carbocycles. The van der Waals surface area contributed by atoms with Gasteiger partial charge in [0.25, 0.3) is 5.78 Å². The number of nitrogens with zero attached hydrogens (tertiary/aromatic N) is 4. The zero-order chi connectivity index (χ0) is 10.8. The molecular formula is C9H10N4O2. The summed E-state index contributed by atoms with van der Waals surface area (Å²) in [5.41, 5.74) is 1.18. The highest BCUT2D eigenvalue weighted by atomic mass is 16.5. The van der Waals surface area contributed by atoms with Gasteiger partial charge in [-0.15, -0.1) is 0 Å². The first-order valence-corrected chi connectivity index (χ1v) is 4.53. The van der Waals surface area contributed by atoms with Gasteiger partial charge in [-0.2, -0.15) is 10.1 Å². The maximum absolute atomic E-state index is 11.4. The minimum Gasteiger partial charge on any atom is -0.465 e. The van der Waals surface area contributed by atoms with Crippen LogP contribution in [0.3, 0.4) is 0 Å². The Morgan fingerprint density at radius 1 is 1.53 bits per heavy atom. The first-order chi connectivity index (χ1) is 7.27. The Bertz CT molecular complexity index is 506. The number of fused-ring (bicyclic) bond motifs is 1. The van der Waals surface area contributed by atoms with E-state index in [1.807, 2.05) is 6.92 Å². The lowest BCUT2D eigenvalue weighted by molar-refractivity contribution is 0.0598. The van der Waals surface area contributed by atoms with Crippen LogP contribution in [-0.4, -0.2) is 32.7 Å². The van der Waals surface area contributed by atoms with E-state index >= 15 is 0 Å². The van der Waals surface area contributed by atoms with Crippen LogP contribution in [0.2, 0.25) is 0 Å². The van der Waals surface area contributed by atoms with E-state index in [9.17, 15) is 4.79 Å². The Morgan fingerprint density at radius 3 is 3.00 bits per heavy atom. The van der Waals surface area contributed by atoms with Gasteiger partial charge in [0, 0.05) is 6.20 Å². The molecule has 0 N–H and O–H groups in total. The van der Waals surface area contributed by atoms with E-state index in [4.69, 9.17) is 0 Å². The predicted molar refractivity (Wildman–Crippen MR) is 51.5 cm³/mol. The maximum Gasteiger partial charge on any atom is 0.341 e. The molecule has 2 rings (SSSR count). The molecule has 6 nitrogen and oxygen atoms in total. The molecule has 0 fully saturated rings. The van der Waals surface area contributed by atoms with Gasteiger partial charge in [0.1, 0.15) is 6.33 Å². The average molecular weight is 206 g/mol. The van der Waals surface area contributed by atoms with Gasteiger partial charge in [-0.3, -0.25) is 0 Å². The zero-order valence-electron chi connectivity index (χ0n) is 8.47. The van der Waals surface area contributed by atoms with Gasteiger partial charge in [0.05, 0.1) is 18.4 Å². The maximum atomic E-state index is 11.4. The molecule has 0 aliphatic rings. The van der Waals surface area contributed by atoms with Crippen LogP contribution in [0.25, 0.3) is 5.78 Å². The smallest absolute Gasteiger partial charge is 0.341 e. The molecule has 2 aromatic heterocycles. The van der Waals surface area contributed by atoms with Crippen LogP contribution >= 0.6 is 0 Å². The third-order valence-corrected chi connectivity index (χ3v) is 2.15. The molecular weight excluding hydrogens is 196 g/mol. The van der Waals surface area contributed by atoms with E-state index in [-0.39, 0.29) is 0 Å². The monoisotopic (exact) mass is 206 g/mol. The Kier molecular flexibility index (Phi) is 2.32. The lowest BCUT2D eigenvalue weighted by atomic mass is 10.2. The van der Waals surface area contributed by atoms with Gasteiger partial charge < -0.3 is 4.74 Å². The van der Waals surface area contributed by atoms with E-state index in [1.54, 1.807) is 4.52 Å². The molecule has 0 saturated carbocycles. The third-order valence-electron chi connectivity index (χ3n) is 2.15. The fourth-order valence-corrected chi connectivity index (χ4v) is 1.45. The van der Waals surface area contributed by atoms with Gasteiger partial charge in [-0.25, -0.2) is 14.3 Å². The van der Waals surface area contributed by atoms with Crippen LogP contribution in [0.5, 0.6) is 0 Å². The molecule has 78 valence electrons. The Balaban J connectivity index is 2.69. The summed E-state index contributed by atoms with van der Waals surface area (Å²) in [7, 11) is 1.34. The molecule has 0 spiro atoms. The van der Waals surface area contributed by atoms with Gasteiger partial charge in [-0.1, -0.05) is 6.92 Å². The summed E-state index contributed by atoms with van der Waals surface area (Å²) < 4.78 is 6.21. The first-order valence-electron chi connectivity index (χ1n) is 4.53. The second-order valence-corrected chi connectivity index (χ2v) is 2.94. The van der Waals surface area contributed by atoms with Crippen LogP contribution in [0, 0.1) is 0 Å². The molecule has 15 heavy (non-hydrogen) atoms. The van der Waals surface area contributed by atoms with E-state index in [0.29, 0.717) is 17.8 Å². The number of aryl methyl sites for hydroxylation is 1. The number of carbonyl (C=O) groups excluding carboxylic acids is 1.